The van der Waals surface area contributed by atoms with E-state index in [9.17, 15) is 4.79 Å². The molecule has 0 unspecified atom stereocenters. The minimum atomic E-state index is -0.243. The van der Waals surface area contributed by atoms with Gasteiger partial charge in [0.2, 0.25) is 0 Å². The lowest BCUT2D eigenvalue weighted by molar-refractivity contribution is 0.102. The van der Waals surface area contributed by atoms with Crippen molar-refractivity contribution < 1.29 is 4.79 Å². The molecule has 2 rings (SSSR count). The summed E-state index contributed by atoms with van der Waals surface area (Å²) < 4.78 is 3.15. The van der Waals surface area contributed by atoms with Crippen LogP contribution in [0.15, 0.2) is 33.3 Å². The molecule has 3 N–H and O–H groups in total. The third-order valence-electron chi connectivity index (χ3n) is 2.32. The van der Waals surface area contributed by atoms with Crippen LogP contribution < -0.4 is 11.1 Å². The summed E-state index contributed by atoms with van der Waals surface area (Å²) in [5.41, 5.74) is 6.67. The van der Waals surface area contributed by atoms with Crippen LogP contribution in [-0.4, -0.2) is 15.7 Å². The highest BCUT2D eigenvalue weighted by molar-refractivity contribution is 9.11. The van der Waals surface area contributed by atoms with Gasteiger partial charge in [-0.15, -0.1) is 0 Å². The number of rotatable bonds is 2. The SMILES string of the molecule is Cn1ncc(N)c1NC(=O)c1cc(Br)cc(Br)c1. The molecular formula is C11H10Br2N4O. The molecule has 1 amide bonds. The fourth-order valence-electron chi connectivity index (χ4n) is 1.47. The molecule has 5 nitrogen and oxygen atoms in total. The maximum absolute atomic E-state index is 12.1. The van der Waals surface area contributed by atoms with Crippen molar-refractivity contribution in [2.24, 2.45) is 7.05 Å². The van der Waals surface area contributed by atoms with Crippen molar-refractivity contribution in [3.05, 3.63) is 38.9 Å². The predicted octanol–water partition coefficient (Wildman–Crippen LogP) is 2.78. The van der Waals surface area contributed by atoms with Crippen molar-refractivity contribution in [3.8, 4) is 0 Å². The highest BCUT2D eigenvalue weighted by atomic mass is 79.9. The van der Waals surface area contributed by atoms with Crippen LogP contribution in [0.5, 0.6) is 0 Å². The summed E-state index contributed by atoms with van der Waals surface area (Å²) in [6.45, 7) is 0. The Hall–Kier alpha value is -1.34. The van der Waals surface area contributed by atoms with E-state index in [2.05, 4.69) is 42.3 Å². The summed E-state index contributed by atoms with van der Waals surface area (Å²) in [7, 11) is 1.71. The van der Waals surface area contributed by atoms with Crippen molar-refractivity contribution in [1.82, 2.24) is 9.78 Å². The number of hydrogen-bond donors (Lipinski definition) is 2. The molecule has 0 aliphatic carbocycles. The highest BCUT2D eigenvalue weighted by Gasteiger charge is 2.12. The van der Waals surface area contributed by atoms with E-state index in [0.717, 1.165) is 8.95 Å². The number of hydrogen-bond acceptors (Lipinski definition) is 3. The van der Waals surface area contributed by atoms with Gasteiger partial charge in [0, 0.05) is 21.6 Å². The normalized spacial score (nSPS) is 10.4. The topological polar surface area (TPSA) is 72.9 Å². The fourth-order valence-corrected chi connectivity index (χ4v) is 2.77. The Labute approximate surface area is 121 Å². The Balaban J connectivity index is 2.27. The Bertz CT molecular complexity index is 569. The van der Waals surface area contributed by atoms with Gasteiger partial charge in [0.15, 0.2) is 5.82 Å². The first-order valence-electron chi connectivity index (χ1n) is 5.02. The summed E-state index contributed by atoms with van der Waals surface area (Å²) >= 11 is 6.67. The maximum Gasteiger partial charge on any atom is 0.256 e. The first-order chi connectivity index (χ1) is 8.47. The number of carbonyl (C=O) groups excluding carboxylic acids is 1. The van der Waals surface area contributed by atoms with Gasteiger partial charge >= 0.3 is 0 Å². The molecule has 0 radical (unpaired) electrons. The molecule has 1 heterocycles. The third-order valence-corrected chi connectivity index (χ3v) is 3.24. The van der Waals surface area contributed by atoms with E-state index in [1.165, 1.54) is 10.9 Å². The highest BCUT2D eigenvalue weighted by Crippen LogP contribution is 2.22. The zero-order valence-electron chi connectivity index (χ0n) is 9.45. The van der Waals surface area contributed by atoms with E-state index >= 15 is 0 Å². The maximum atomic E-state index is 12.1. The molecule has 0 fully saturated rings. The molecule has 1 aromatic carbocycles. The number of anilines is 2. The number of amides is 1. The monoisotopic (exact) mass is 372 g/mol. The van der Waals surface area contributed by atoms with Crippen molar-refractivity contribution in [2.75, 3.05) is 11.1 Å². The average Bonchev–Trinajstić information content (AvgIpc) is 2.59. The Kier molecular flexibility index (Phi) is 3.72. The van der Waals surface area contributed by atoms with Crippen LogP contribution in [0.4, 0.5) is 11.5 Å². The van der Waals surface area contributed by atoms with Crippen LogP contribution >= 0.6 is 31.9 Å². The van der Waals surface area contributed by atoms with Crippen molar-refractivity contribution in [1.29, 1.82) is 0 Å². The zero-order chi connectivity index (χ0) is 13.3. The third kappa shape index (κ3) is 2.73. The van der Waals surface area contributed by atoms with Crippen LogP contribution in [0.2, 0.25) is 0 Å². The van der Waals surface area contributed by atoms with Crippen LogP contribution in [0.1, 0.15) is 10.4 Å². The second kappa shape index (κ2) is 5.11. The lowest BCUT2D eigenvalue weighted by Crippen LogP contribution is -2.15. The van der Waals surface area contributed by atoms with E-state index in [-0.39, 0.29) is 5.91 Å². The molecule has 0 saturated carbocycles. The number of aryl methyl sites for hydroxylation is 1. The quantitative estimate of drug-likeness (QED) is 0.849. The first kappa shape index (κ1) is 13.1. The molecule has 0 aliphatic heterocycles. The Morgan fingerprint density at radius 1 is 1.33 bits per heavy atom. The number of nitrogen functional groups attached to an aromatic ring is 1. The van der Waals surface area contributed by atoms with Crippen molar-refractivity contribution in [3.63, 3.8) is 0 Å². The molecule has 0 saturated heterocycles. The second-order valence-corrected chi connectivity index (χ2v) is 5.52. The van der Waals surface area contributed by atoms with Gasteiger partial charge < -0.3 is 11.1 Å². The van der Waals surface area contributed by atoms with Gasteiger partial charge in [0.25, 0.3) is 5.91 Å². The van der Waals surface area contributed by atoms with Crippen LogP contribution in [0, 0.1) is 0 Å². The van der Waals surface area contributed by atoms with Crippen LogP contribution in [-0.2, 0) is 7.05 Å². The van der Waals surface area contributed by atoms with Crippen molar-refractivity contribution in [2.45, 2.75) is 0 Å². The van der Waals surface area contributed by atoms with Gasteiger partial charge in [0.05, 0.1) is 11.9 Å². The zero-order valence-corrected chi connectivity index (χ0v) is 12.6. The molecule has 7 heteroatoms. The van der Waals surface area contributed by atoms with E-state index in [0.29, 0.717) is 17.1 Å². The van der Waals surface area contributed by atoms with E-state index in [4.69, 9.17) is 5.73 Å². The summed E-state index contributed by atoms with van der Waals surface area (Å²) in [4.78, 5) is 12.1. The predicted molar refractivity (Wildman–Crippen MR) is 77.4 cm³/mol. The van der Waals surface area contributed by atoms with Gasteiger partial charge in [0.1, 0.15) is 0 Å². The molecule has 0 spiro atoms. The summed E-state index contributed by atoms with van der Waals surface area (Å²) in [6, 6.07) is 5.31. The smallest absolute Gasteiger partial charge is 0.256 e. The standard InChI is InChI=1S/C11H10Br2N4O/c1-17-10(9(14)5-15-17)16-11(18)6-2-7(12)4-8(13)3-6/h2-5H,14H2,1H3,(H,16,18). The van der Waals surface area contributed by atoms with E-state index < -0.39 is 0 Å². The number of halogens is 2. The lowest BCUT2D eigenvalue weighted by Gasteiger charge is -2.07. The lowest BCUT2D eigenvalue weighted by atomic mass is 10.2. The van der Waals surface area contributed by atoms with Gasteiger partial charge in [-0.2, -0.15) is 5.10 Å². The molecular weight excluding hydrogens is 364 g/mol. The van der Waals surface area contributed by atoms with E-state index in [1.54, 1.807) is 19.2 Å². The summed E-state index contributed by atoms with van der Waals surface area (Å²) in [5.74, 6) is 0.239. The number of nitrogens with zero attached hydrogens (tertiary/aromatic N) is 2. The number of benzene rings is 1. The first-order valence-corrected chi connectivity index (χ1v) is 6.61. The van der Waals surface area contributed by atoms with Crippen molar-refractivity contribution >= 4 is 49.3 Å². The van der Waals surface area contributed by atoms with Crippen LogP contribution in [0.3, 0.4) is 0 Å². The summed E-state index contributed by atoms with van der Waals surface area (Å²) in [5, 5.41) is 6.68. The minimum Gasteiger partial charge on any atom is -0.394 e. The van der Waals surface area contributed by atoms with Gasteiger partial charge in [-0.1, -0.05) is 31.9 Å². The molecule has 2 aromatic rings. The number of nitrogens with one attached hydrogen (secondary N) is 1. The molecule has 0 bridgehead atoms. The number of aromatic nitrogens is 2. The largest absolute Gasteiger partial charge is 0.394 e. The van der Waals surface area contributed by atoms with Gasteiger partial charge in [-0.05, 0) is 18.2 Å². The fraction of sp³-hybridized carbons (Fsp3) is 0.0909. The number of nitrogens with two attached hydrogens (primary N) is 1. The number of carbonyl (C=O) groups is 1. The van der Waals surface area contributed by atoms with Gasteiger partial charge in [-0.3, -0.25) is 9.48 Å². The molecule has 94 valence electrons. The summed E-state index contributed by atoms with van der Waals surface area (Å²) in [6.07, 6.45) is 1.49. The Morgan fingerprint density at radius 3 is 2.44 bits per heavy atom. The minimum absolute atomic E-state index is 0.243. The molecule has 0 aliphatic rings. The van der Waals surface area contributed by atoms with Crippen LogP contribution in [0.25, 0.3) is 0 Å². The second-order valence-electron chi connectivity index (χ2n) is 3.68. The van der Waals surface area contributed by atoms with E-state index in [1.807, 2.05) is 6.07 Å². The molecule has 1 aromatic heterocycles. The molecule has 0 atom stereocenters. The Morgan fingerprint density at radius 2 is 1.94 bits per heavy atom. The molecule has 18 heavy (non-hydrogen) atoms. The van der Waals surface area contributed by atoms with Gasteiger partial charge in [-0.25, -0.2) is 0 Å². The average molecular weight is 374 g/mol.